The molecule has 5 heteroatoms. The molecule has 0 radical (unpaired) electrons. The Labute approximate surface area is 127 Å². The van der Waals surface area contributed by atoms with Crippen LogP contribution in [0.5, 0.6) is 0 Å². The highest BCUT2D eigenvalue weighted by Crippen LogP contribution is 2.24. The first-order valence-corrected chi connectivity index (χ1v) is 7.95. The Balaban J connectivity index is 1.68. The van der Waals surface area contributed by atoms with Crippen molar-refractivity contribution in [1.29, 1.82) is 5.26 Å². The first-order valence-electron chi connectivity index (χ1n) is 7.07. The Morgan fingerprint density at radius 3 is 2.95 bits per heavy atom. The normalized spacial score (nSPS) is 19.3. The molecule has 1 aliphatic rings. The Kier molecular flexibility index (Phi) is 4.28. The van der Waals surface area contributed by atoms with Crippen LogP contribution in [0.1, 0.15) is 17.8 Å². The molecule has 0 amide bonds. The van der Waals surface area contributed by atoms with Gasteiger partial charge in [-0.05, 0) is 43.7 Å². The molecule has 1 fully saturated rings. The van der Waals surface area contributed by atoms with Crippen molar-refractivity contribution in [3.63, 3.8) is 0 Å². The molecule has 0 N–H and O–H groups in total. The lowest BCUT2D eigenvalue weighted by Crippen LogP contribution is -2.34. The van der Waals surface area contributed by atoms with Gasteiger partial charge in [-0.2, -0.15) is 5.26 Å². The average molecular weight is 301 g/mol. The van der Waals surface area contributed by atoms with Crippen LogP contribution in [0.4, 0.5) is 4.39 Å². The van der Waals surface area contributed by atoms with Crippen molar-refractivity contribution in [1.82, 2.24) is 9.88 Å². The quantitative estimate of drug-likeness (QED) is 0.868. The molecule has 1 unspecified atom stereocenters. The number of piperidine rings is 1. The minimum Gasteiger partial charge on any atom is -0.295 e. The minimum absolute atomic E-state index is 0.148. The molecule has 1 aromatic carbocycles. The van der Waals surface area contributed by atoms with Gasteiger partial charge in [-0.25, -0.2) is 9.37 Å². The number of nitriles is 1. The van der Waals surface area contributed by atoms with Crippen molar-refractivity contribution in [2.24, 2.45) is 5.92 Å². The second-order valence-electron chi connectivity index (χ2n) is 5.34. The lowest BCUT2D eigenvalue weighted by Gasteiger charge is -2.28. The van der Waals surface area contributed by atoms with E-state index in [2.05, 4.69) is 16.0 Å². The molecule has 1 aliphatic heterocycles. The van der Waals surface area contributed by atoms with E-state index in [-0.39, 0.29) is 11.7 Å². The van der Waals surface area contributed by atoms with E-state index in [1.807, 2.05) is 5.38 Å². The third kappa shape index (κ3) is 3.46. The number of benzene rings is 1. The summed E-state index contributed by atoms with van der Waals surface area (Å²) < 4.78 is 12.9. The van der Waals surface area contributed by atoms with Gasteiger partial charge < -0.3 is 0 Å². The van der Waals surface area contributed by atoms with E-state index in [0.717, 1.165) is 48.7 Å². The Morgan fingerprint density at radius 2 is 2.19 bits per heavy atom. The minimum atomic E-state index is -0.231. The maximum Gasteiger partial charge on any atom is 0.123 e. The number of likely N-dealkylation sites (tertiary alicyclic amines) is 1. The zero-order valence-corrected chi connectivity index (χ0v) is 12.4. The van der Waals surface area contributed by atoms with Crippen LogP contribution in [-0.2, 0) is 6.54 Å². The maximum absolute atomic E-state index is 12.9. The standard InChI is InChI=1S/C16H16FN3S/c17-14-5-3-13(4-6-14)15-11-21-16(19-15)10-20-7-1-2-12(8-18)9-20/h3-6,11-12H,1-2,7,9-10H2. The molecule has 108 valence electrons. The lowest BCUT2D eigenvalue weighted by molar-refractivity contribution is 0.192. The Bertz CT molecular complexity index is 644. The monoisotopic (exact) mass is 301 g/mol. The summed E-state index contributed by atoms with van der Waals surface area (Å²) in [4.78, 5) is 6.92. The van der Waals surface area contributed by atoms with E-state index in [0.29, 0.717) is 0 Å². The molecule has 0 aliphatic carbocycles. The van der Waals surface area contributed by atoms with Crippen LogP contribution in [0.3, 0.4) is 0 Å². The number of thiazole rings is 1. The van der Waals surface area contributed by atoms with Crippen molar-refractivity contribution in [3.8, 4) is 17.3 Å². The summed E-state index contributed by atoms with van der Waals surface area (Å²) in [7, 11) is 0. The van der Waals surface area contributed by atoms with Crippen molar-refractivity contribution in [2.45, 2.75) is 19.4 Å². The van der Waals surface area contributed by atoms with Crippen molar-refractivity contribution in [3.05, 3.63) is 40.5 Å². The molecule has 0 bridgehead atoms. The zero-order chi connectivity index (χ0) is 14.7. The fourth-order valence-corrected chi connectivity index (χ4v) is 3.48. The van der Waals surface area contributed by atoms with Gasteiger partial charge in [0, 0.05) is 17.5 Å². The number of hydrogen-bond donors (Lipinski definition) is 0. The molecular formula is C16H16FN3S. The van der Waals surface area contributed by atoms with Crippen LogP contribution in [-0.4, -0.2) is 23.0 Å². The van der Waals surface area contributed by atoms with E-state index in [4.69, 9.17) is 5.26 Å². The second-order valence-corrected chi connectivity index (χ2v) is 6.28. The number of halogens is 1. The molecule has 1 atom stereocenters. The summed E-state index contributed by atoms with van der Waals surface area (Å²) in [6.45, 7) is 2.66. The summed E-state index contributed by atoms with van der Waals surface area (Å²) in [5.74, 6) is -0.0830. The summed E-state index contributed by atoms with van der Waals surface area (Å²) in [5.41, 5.74) is 1.83. The van der Waals surface area contributed by atoms with Gasteiger partial charge in [0.25, 0.3) is 0 Å². The summed E-state index contributed by atoms with van der Waals surface area (Å²) in [6, 6.07) is 8.77. The summed E-state index contributed by atoms with van der Waals surface area (Å²) in [5, 5.41) is 12.1. The summed E-state index contributed by atoms with van der Waals surface area (Å²) in [6.07, 6.45) is 2.08. The number of rotatable bonds is 3. The van der Waals surface area contributed by atoms with Gasteiger partial charge in [0.05, 0.1) is 24.2 Å². The van der Waals surface area contributed by atoms with E-state index < -0.39 is 0 Å². The van der Waals surface area contributed by atoms with Crippen molar-refractivity contribution < 1.29 is 4.39 Å². The number of nitrogens with zero attached hydrogens (tertiary/aromatic N) is 3. The van der Waals surface area contributed by atoms with Crippen LogP contribution in [0.15, 0.2) is 29.6 Å². The molecule has 3 nitrogen and oxygen atoms in total. The molecule has 0 spiro atoms. The maximum atomic E-state index is 12.9. The first kappa shape index (κ1) is 14.2. The van der Waals surface area contributed by atoms with E-state index in [1.54, 1.807) is 23.5 Å². The molecule has 2 aromatic rings. The predicted molar refractivity (Wildman–Crippen MR) is 81.1 cm³/mol. The molecule has 2 heterocycles. The fourth-order valence-electron chi connectivity index (χ4n) is 2.63. The van der Waals surface area contributed by atoms with Gasteiger partial charge in [0.1, 0.15) is 10.8 Å². The Hall–Kier alpha value is -1.77. The van der Waals surface area contributed by atoms with E-state index in [9.17, 15) is 4.39 Å². The van der Waals surface area contributed by atoms with E-state index >= 15 is 0 Å². The first-order chi connectivity index (χ1) is 10.2. The highest BCUT2D eigenvalue weighted by atomic mass is 32.1. The topological polar surface area (TPSA) is 39.9 Å². The molecule has 1 saturated heterocycles. The average Bonchev–Trinajstić information content (AvgIpc) is 2.96. The van der Waals surface area contributed by atoms with E-state index in [1.165, 1.54) is 12.1 Å². The van der Waals surface area contributed by atoms with Crippen molar-refractivity contribution >= 4 is 11.3 Å². The number of aromatic nitrogens is 1. The highest BCUT2D eigenvalue weighted by molar-refractivity contribution is 7.09. The fraction of sp³-hybridized carbons (Fsp3) is 0.375. The van der Waals surface area contributed by atoms with Gasteiger partial charge in [0.15, 0.2) is 0 Å². The predicted octanol–water partition coefficient (Wildman–Crippen LogP) is 3.68. The largest absolute Gasteiger partial charge is 0.295 e. The van der Waals surface area contributed by atoms with Crippen LogP contribution in [0, 0.1) is 23.1 Å². The van der Waals surface area contributed by atoms with Crippen LogP contribution < -0.4 is 0 Å². The van der Waals surface area contributed by atoms with Crippen LogP contribution >= 0.6 is 11.3 Å². The molecule has 3 rings (SSSR count). The van der Waals surface area contributed by atoms with Gasteiger partial charge in [-0.15, -0.1) is 11.3 Å². The van der Waals surface area contributed by atoms with Gasteiger partial charge >= 0.3 is 0 Å². The molecule has 0 saturated carbocycles. The van der Waals surface area contributed by atoms with Gasteiger partial charge in [-0.3, -0.25) is 4.90 Å². The highest BCUT2D eigenvalue weighted by Gasteiger charge is 2.20. The van der Waals surface area contributed by atoms with Gasteiger partial charge in [-0.1, -0.05) is 0 Å². The number of hydrogen-bond acceptors (Lipinski definition) is 4. The van der Waals surface area contributed by atoms with Crippen LogP contribution in [0.2, 0.25) is 0 Å². The smallest absolute Gasteiger partial charge is 0.123 e. The third-order valence-corrected chi connectivity index (χ3v) is 4.57. The SMILES string of the molecule is N#CC1CCCN(Cc2nc(-c3ccc(F)cc3)cs2)C1. The zero-order valence-electron chi connectivity index (χ0n) is 11.6. The van der Waals surface area contributed by atoms with Crippen molar-refractivity contribution in [2.75, 3.05) is 13.1 Å². The summed E-state index contributed by atoms with van der Waals surface area (Å²) >= 11 is 1.62. The lowest BCUT2D eigenvalue weighted by atomic mass is 10.00. The Morgan fingerprint density at radius 1 is 1.38 bits per heavy atom. The van der Waals surface area contributed by atoms with Gasteiger partial charge in [0.2, 0.25) is 0 Å². The second kappa shape index (κ2) is 6.33. The molecular weight excluding hydrogens is 285 g/mol. The molecule has 1 aromatic heterocycles. The van der Waals surface area contributed by atoms with Crippen LogP contribution in [0.25, 0.3) is 11.3 Å². The molecule has 21 heavy (non-hydrogen) atoms. The third-order valence-electron chi connectivity index (χ3n) is 3.74.